The third kappa shape index (κ3) is 7.38. The van der Waals surface area contributed by atoms with E-state index < -0.39 is 23.9 Å². The normalized spacial score (nSPS) is 9.67. The minimum absolute atomic E-state index is 0.0241. The van der Waals surface area contributed by atoms with Gasteiger partial charge in [-0.3, -0.25) is 0 Å². The number of ether oxygens (including phenoxy) is 2. The van der Waals surface area contributed by atoms with Gasteiger partial charge >= 0.3 is 23.9 Å². The second-order valence-electron chi connectivity index (χ2n) is 5.91. The molecule has 0 saturated heterocycles. The summed E-state index contributed by atoms with van der Waals surface area (Å²) < 4.78 is 9.67. The first-order valence-corrected chi connectivity index (χ1v) is 9.32. The molecule has 2 N–H and O–H groups in total. The van der Waals surface area contributed by atoms with Gasteiger partial charge in [-0.2, -0.15) is 0 Å². The number of benzene rings is 2. The monoisotopic (exact) mass is 416 g/mol. The van der Waals surface area contributed by atoms with Gasteiger partial charge in [0.25, 0.3) is 0 Å². The lowest BCUT2D eigenvalue weighted by Gasteiger charge is -2.06. The summed E-state index contributed by atoms with van der Waals surface area (Å²) in [7, 11) is 0. The van der Waals surface area contributed by atoms with Crippen molar-refractivity contribution < 1.29 is 38.9 Å². The highest BCUT2D eigenvalue weighted by molar-refractivity contribution is 6.03. The maximum atomic E-state index is 11.6. The topological polar surface area (TPSA) is 127 Å². The molecule has 0 aliphatic rings. The molecule has 0 aliphatic heterocycles. The van der Waals surface area contributed by atoms with Crippen LogP contribution in [0.4, 0.5) is 0 Å². The Morgan fingerprint density at radius 1 is 0.700 bits per heavy atom. The van der Waals surface area contributed by atoms with Crippen molar-refractivity contribution >= 4 is 23.9 Å². The summed E-state index contributed by atoms with van der Waals surface area (Å²) in [6.45, 7) is 4.20. The fraction of sp³-hybridized carbons (Fsp3) is 0.273. The van der Waals surface area contributed by atoms with Crippen LogP contribution in [0.2, 0.25) is 0 Å². The summed E-state index contributed by atoms with van der Waals surface area (Å²) in [5.74, 6) is -3.44. The fourth-order valence-electron chi connectivity index (χ4n) is 2.29. The zero-order valence-electron chi connectivity index (χ0n) is 16.8. The molecule has 2 aromatic rings. The Bertz CT molecular complexity index is 888. The van der Waals surface area contributed by atoms with E-state index in [-0.39, 0.29) is 28.9 Å². The molecule has 160 valence electrons. The average molecular weight is 416 g/mol. The van der Waals surface area contributed by atoms with Crippen LogP contribution in [0.15, 0.2) is 48.5 Å². The minimum atomic E-state index is -1.13. The van der Waals surface area contributed by atoms with E-state index in [0.29, 0.717) is 6.61 Å². The van der Waals surface area contributed by atoms with Crippen LogP contribution >= 0.6 is 0 Å². The lowest BCUT2D eigenvalue weighted by molar-refractivity contribution is 0.0488. The van der Waals surface area contributed by atoms with Crippen molar-refractivity contribution in [2.75, 3.05) is 13.2 Å². The molecule has 0 radical (unpaired) electrons. The summed E-state index contributed by atoms with van der Waals surface area (Å²) in [4.78, 5) is 44.4. The van der Waals surface area contributed by atoms with E-state index in [0.717, 1.165) is 12.8 Å². The molecule has 0 unspecified atom stereocenters. The molecule has 0 amide bonds. The number of carbonyl (C=O) groups excluding carboxylic acids is 2. The number of rotatable bonds is 8. The van der Waals surface area contributed by atoms with Crippen LogP contribution in [0.1, 0.15) is 68.1 Å². The smallest absolute Gasteiger partial charge is 0.339 e. The van der Waals surface area contributed by atoms with Gasteiger partial charge in [-0.15, -0.1) is 0 Å². The zero-order valence-corrected chi connectivity index (χ0v) is 16.8. The van der Waals surface area contributed by atoms with E-state index in [4.69, 9.17) is 19.7 Å². The highest BCUT2D eigenvalue weighted by Gasteiger charge is 2.17. The second kappa shape index (κ2) is 12.7. The third-order valence-electron chi connectivity index (χ3n) is 3.76. The minimum Gasteiger partial charge on any atom is -0.478 e. The van der Waals surface area contributed by atoms with Crippen molar-refractivity contribution in [1.29, 1.82) is 0 Å². The molecular weight excluding hydrogens is 392 g/mol. The highest BCUT2D eigenvalue weighted by Crippen LogP contribution is 2.11. The van der Waals surface area contributed by atoms with E-state index in [2.05, 4.69) is 0 Å². The number of carboxylic acid groups (broad SMARTS) is 2. The van der Waals surface area contributed by atoms with Gasteiger partial charge in [-0.25, -0.2) is 19.2 Å². The second-order valence-corrected chi connectivity index (χ2v) is 5.91. The largest absolute Gasteiger partial charge is 0.478 e. The van der Waals surface area contributed by atoms with Crippen LogP contribution < -0.4 is 0 Å². The van der Waals surface area contributed by atoms with E-state index in [1.54, 1.807) is 31.2 Å². The van der Waals surface area contributed by atoms with Gasteiger partial charge < -0.3 is 19.7 Å². The Balaban J connectivity index is 0.000000303. The third-order valence-corrected chi connectivity index (χ3v) is 3.76. The average Bonchev–Trinajstić information content (AvgIpc) is 2.74. The highest BCUT2D eigenvalue weighted by atomic mass is 16.5. The lowest BCUT2D eigenvalue weighted by Crippen LogP contribution is -2.12. The standard InChI is InChI=1S/C12H14O4.C10H10O4/c1-2-3-8-16-12(15)10-7-5-4-6-9(10)11(13)14;1-2-14-10(13)8-6-4-3-5-7(8)9(11)12/h4-7H,2-3,8H2,1H3,(H,13,14);3-6H,2H2,1H3,(H,11,12). The lowest BCUT2D eigenvalue weighted by atomic mass is 10.1. The van der Waals surface area contributed by atoms with Crippen LogP contribution in [-0.4, -0.2) is 47.3 Å². The molecule has 30 heavy (non-hydrogen) atoms. The molecule has 2 aromatic carbocycles. The molecule has 0 bridgehead atoms. The number of hydrogen-bond acceptors (Lipinski definition) is 6. The molecule has 0 atom stereocenters. The Kier molecular flexibility index (Phi) is 10.3. The number of carboxylic acids is 2. The van der Waals surface area contributed by atoms with Crippen LogP contribution in [-0.2, 0) is 9.47 Å². The number of aromatic carboxylic acids is 2. The van der Waals surface area contributed by atoms with E-state index >= 15 is 0 Å². The van der Waals surface area contributed by atoms with Crippen molar-refractivity contribution in [1.82, 2.24) is 0 Å². The van der Waals surface area contributed by atoms with E-state index in [1.165, 1.54) is 24.3 Å². The van der Waals surface area contributed by atoms with Gasteiger partial charge in [0.05, 0.1) is 35.5 Å². The predicted octanol–water partition coefficient (Wildman–Crippen LogP) is 3.90. The van der Waals surface area contributed by atoms with E-state index in [1.807, 2.05) is 6.92 Å². The first-order chi connectivity index (χ1) is 14.3. The number of carbonyl (C=O) groups is 4. The van der Waals surface area contributed by atoms with Crippen LogP contribution in [0.3, 0.4) is 0 Å². The van der Waals surface area contributed by atoms with Gasteiger partial charge in [-0.05, 0) is 37.6 Å². The summed E-state index contributed by atoms with van der Waals surface area (Å²) in [6.07, 6.45) is 1.70. The van der Waals surface area contributed by atoms with Crippen molar-refractivity contribution in [2.24, 2.45) is 0 Å². The van der Waals surface area contributed by atoms with Crippen molar-refractivity contribution in [3.63, 3.8) is 0 Å². The SMILES string of the molecule is CCCCOC(=O)c1ccccc1C(=O)O.CCOC(=O)c1ccccc1C(=O)O. The Labute approximate surface area is 174 Å². The maximum Gasteiger partial charge on any atom is 0.339 e. The van der Waals surface area contributed by atoms with Gasteiger partial charge in [0, 0.05) is 0 Å². The van der Waals surface area contributed by atoms with Crippen molar-refractivity contribution in [3.05, 3.63) is 70.8 Å². The van der Waals surface area contributed by atoms with Crippen LogP contribution in [0.25, 0.3) is 0 Å². The van der Waals surface area contributed by atoms with Gasteiger partial charge in [0.2, 0.25) is 0 Å². The fourth-order valence-corrected chi connectivity index (χ4v) is 2.29. The Hall–Kier alpha value is -3.68. The number of hydrogen-bond donors (Lipinski definition) is 2. The maximum absolute atomic E-state index is 11.6. The molecule has 8 nitrogen and oxygen atoms in total. The molecule has 0 saturated carbocycles. The Morgan fingerprint density at radius 2 is 1.10 bits per heavy atom. The van der Waals surface area contributed by atoms with Gasteiger partial charge in [0.1, 0.15) is 0 Å². The number of unbranched alkanes of at least 4 members (excludes halogenated alkanes) is 1. The summed E-state index contributed by atoms with van der Waals surface area (Å²) in [5.41, 5.74) is 0.128. The molecular formula is C22H24O8. The molecule has 0 aromatic heterocycles. The number of esters is 2. The molecule has 0 fully saturated rings. The molecule has 8 heteroatoms. The van der Waals surface area contributed by atoms with E-state index in [9.17, 15) is 19.2 Å². The first kappa shape index (κ1) is 24.4. The first-order valence-electron chi connectivity index (χ1n) is 9.32. The zero-order chi connectivity index (χ0) is 22.5. The van der Waals surface area contributed by atoms with Crippen molar-refractivity contribution in [3.8, 4) is 0 Å². The summed E-state index contributed by atoms with van der Waals surface area (Å²) in [5, 5.41) is 17.7. The van der Waals surface area contributed by atoms with Crippen LogP contribution in [0, 0.1) is 0 Å². The molecule has 0 heterocycles. The summed E-state index contributed by atoms with van der Waals surface area (Å²) >= 11 is 0. The van der Waals surface area contributed by atoms with Crippen molar-refractivity contribution in [2.45, 2.75) is 26.7 Å². The quantitative estimate of drug-likeness (QED) is 0.490. The van der Waals surface area contributed by atoms with Crippen LogP contribution in [0.5, 0.6) is 0 Å². The van der Waals surface area contributed by atoms with Gasteiger partial charge in [-0.1, -0.05) is 37.6 Å². The summed E-state index contributed by atoms with van der Waals surface area (Å²) in [6, 6.07) is 12.0. The Morgan fingerprint density at radius 3 is 1.47 bits per heavy atom. The molecule has 0 spiro atoms. The molecule has 2 rings (SSSR count). The molecule has 0 aliphatic carbocycles. The van der Waals surface area contributed by atoms with Gasteiger partial charge in [0.15, 0.2) is 0 Å². The predicted molar refractivity (Wildman–Crippen MR) is 108 cm³/mol.